The molecule has 16 heavy (non-hydrogen) atoms. The number of halogens is 1. The summed E-state index contributed by atoms with van der Waals surface area (Å²) in [5.41, 5.74) is 0. The first-order chi connectivity index (χ1) is 7.66. The Kier molecular flexibility index (Phi) is 3.64. The second-order valence-electron chi connectivity index (χ2n) is 4.74. The molecule has 3 atom stereocenters. The third kappa shape index (κ3) is 2.64. The SMILES string of the molecule is CC1CCCC(Nc2cc(Cl)ncn2)C1C. The molecule has 4 heteroatoms. The van der Waals surface area contributed by atoms with Crippen LogP contribution in [0.3, 0.4) is 0 Å². The van der Waals surface area contributed by atoms with Crippen LogP contribution < -0.4 is 5.32 Å². The maximum Gasteiger partial charge on any atom is 0.134 e. The van der Waals surface area contributed by atoms with Crippen LogP contribution in [0.25, 0.3) is 0 Å². The zero-order chi connectivity index (χ0) is 11.5. The molecule has 88 valence electrons. The summed E-state index contributed by atoms with van der Waals surface area (Å²) >= 11 is 5.84. The van der Waals surface area contributed by atoms with E-state index in [9.17, 15) is 0 Å². The summed E-state index contributed by atoms with van der Waals surface area (Å²) in [6.07, 6.45) is 5.35. The van der Waals surface area contributed by atoms with Gasteiger partial charge in [-0.25, -0.2) is 9.97 Å². The maximum absolute atomic E-state index is 5.84. The Morgan fingerprint density at radius 1 is 1.31 bits per heavy atom. The van der Waals surface area contributed by atoms with Crippen molar-refractivity contribution in [2.75, 3.05) is 5.32 Å². The van der Waals surface area contributed by atoms with Gasteiger partial charge >= 0.3 is 0 Å². The van der Waals surface area contributed by atoms with E-state index in [1.807, 2.05) is 0 Å². The highest BCUT2D eigenvalue weighted by Gasteiger charge is 2.27. The molecule has 1 N–H and O–H groups in total. The van der Waals surface area contributed by atoms with Crippen LogP contribution in [0.4, 0.5) is 5.82 Å². The molecule has 0 radical (unpaired) electrons. The zero-order valence-corrected chi connectivity index (χ0v) is 10.5. The lowest BCUT2D eigenvalue weighted by Crippen LogP contribution is -2.35. The molecule has 0 aliphatic heterocycles. The molecule has 1 aliphatic carbocycles. The third-order valence-electron chi connectivity index (χ3n) is 3.67. The fourth-order valence-electron chi connectivity index (χ4n) is 2.39. The molecule has 1 saturated carbocycles. The second-order valence-corrected chi connectivity index (χ2v) is 5.13. The lowest BCUT2D eigenvalue weighted by molar-refractivity contribution is 0.253. The molecule has 1 fully saturated rings. The topological polar surface area (TPSA) is 37.8 Å². The third-order valence-corrected chi connectivity index (χ3v) is 3.88. The Hall–Kier alpha value is -0.830. The van der Waals surface area contributed by atoms with Crippen LogP contribution in [-0.2, 0) is 0 Å². The van der Waals surface area contributed by atoms with Crippen molar-refractivity contribution in [3.63, 3.8) is 0 Å². The largest absolute Gasteiger partial charge is 0.367 e. The standard InChI is InChI=1S/C12H18ClN3/c1-8-4-3-5-10(9(8)2)16-12-6-11(13)14-7-15-12/h6-10H,3-5H2,1-2H3,(H,14,15,16). The predicted octanol–water partition coefficient (Wildman–Crippen LogP) is 3.37. The average Bonchev–Trinajstić information content (AvgIpc) is 2.25. The van der Waals surface area contributed by atoms with Crippen molar-refractivity contribution in [2.24, 2.45) is 11.8 Å². The average molecular weight is 240 g/mol. The van der Waals surface area contributed by atoms with Crippen LogP contribution in [-0.4, -0.2) is 16.0 Å². The van der Waals surface area contributed by atoms with Crippen molar-refractivity contribution in [3.8, 4) is 0 Å². The van der Waals surface area contributed by atoms with Crippen molar-refractivity contribution in [2.45, 2.75) is 39.2 Å². The van der Waals surface area contributed by atoms with Crippen LogP contribution in [0.1, 0.15) is 33.1 Å². The summed E-state index contributed by atoms with van der Waals surface area (Å²) in [7, 11) is 0. The lowest BCUT2D eigenvalue weighted by atomic mass is 9.78. The van der Waals surface area contributed by atoms with Gasteiger partial charge in [-0.1, -0.05) is 38.3 Å². The summed E-state index contributed by atoms with van der Waals surface area (Å²) in [6.45, 7) is 4.63. The minimum atomic E-state index is 0.494. The van der Waals surface area contributed by atoms with Crippen molar-refractivity contribution >= 4 is 17.4 Å². The summed E-state index contributed by atoms with van der Waals surface area (Å²) in [5, 5.41) is 3.96. The molecular weight excluding hydrogens is 222 g/mol. The molecule has 0 amide bonds. The Balaban J connectivity index is 2.03. The van der Waals surface area contributed by atoms with Gasteiger partial charge in [0.15, 0.2) is 0 Å². The van der Waals surface area contributed by atoms with Crippen molar-refractivity contribution in [1.29, 1.82) is 0 Å². The van der Waals surface area contributed by atoms with E-state index in [1.165, 1.54) is 25.6 Å². The Bertz CT molecular complexity index is 356. The van der Waals surface area contributed by atoms with Gasteiger partial charge in [0.25, 0.3) is 0 Å². The van der Waals surface area contributed by atoms with E-state index in [4.69, 9.17) is 11.6 Å². The lowest BCUT2D eigenvalue weighted by Gasteiger charge is -2.34. The molecule has 3 nitrogen and oxygen atoms in total. The smallest absolute Gasteiger partial charge is 0.134 e. The number of hydrogen-bond donors (Lipinski definition) is 1. The summed E-state index contributed by atoms with van der Waals surface area (Å²) in [5.74, 6) is 2.30. The molecule has 3 unspecified atom stereocenters. The molecule has 0 spiro atoms. The van der Waals surface area contributed by atoms with Gasteiger partial charge in [0, 0.05) is 12.1 Å². The molecular formula is C12H18ClN3. The number of aromatic nitrogens is 2. The summed E-state index contributed by atoms with van der Waals surface area (Å²) in [6, 6.07) is 2.29. The first-order valence-electron chi connectivity index (χ1n) is 5.91. The van der Waals surface area contributed by atoms with Crippen molar-refractivity contribution in [1.82, 2.24) is 9.97 Å². The number of rotatable bonds is 2. The van der Waals surface area contributed by atoms with E-state index in [1.54, 1.807) is 6.07 Å². The molecule has 0 saturated heterocycles. The predicted molar refractivity (Wildman–Crippen MR) is 66.6 cm³/mol. The second kappa shape index (κ2) is 5.00. The summed E-state index contributed by atoms with van der Waals surface area (Å²) < 4.78 is 0. The molecule has 0 aromatic carbocycles. The van der Waals surface area contributed by atoms with E-state index in [0.29, 0.717) is 17.1 Å². The first-order valence-corrected chi connectivity index (χ1v) is 6.28. The fourth-order valence-corrected chi connectivity index (χ4v) is 2.54. The van der Waals surface area contributed by atoms with Crippen LogP contribution in [0.15, 0.2) is 12.4 Å². The number of nitrogens with one attached hydrogen (secondary N) is 1. The highest BCUT2D eigenvalue weighted by Crippen LogP contribution is 2.31. The number of hydrogen-bond acceptors (Lipinski definition) is 3. The molecule has 1 aromatic rings. The Morgan fingerprint density at radius 2 is 2.12 bits per heavy atom. The van der Waals surface area contributed by atoms with Crippen molar-refractivity contribution < 1.29 is 0 Å². The number of nitrogens with zero attached hydrogens (tertiary/aromatic N) is 2. The molecule has 2 rings (SSSR count). The van der Waals surface area contributed by atoms with Gasteiger partial charge in [-0.2, -0.15) is 0 Å². The highest BCUT2D eigenvalue weighted by molar-refractivity contribution is 6.29. The first kappa shape index (κ1) is 11.6. The molecule has 1 aromatic heterocycles. The van der Waals surface area contributed by atoms with E-state index < -0.39 is 0 Å². The van der Waals surface area contributed by atoms with Gasteiger partial charge < -0.3 is 5.32 Å². The minimum absolute atomic E-state index is 0.494. The van der Waals surface area contributed by atoms with Crippen LogP contribution in [0.5, 0.6) is 0 Å². The zero-order valence-electron chi connectivity index (χ0n) is 9.78. The number of anilines is 1. The van der Waals surface area contributed by atoms with Crippen LogP contribution in [0.2, 0.25) is 5.15 Å². The van der Waals surface area contributed by atoms with Gasteiger partial charge in [0.2, 0.25) is 0 Å². The monoisotopic (exact) mass is 239 g/mol. The molecule has 1 aliphatic rings. The quantitative estimate of drug-likeness (QED) is 0.805. The fraction of sp³-hybridized carbons (Fsp3) is 0.667. The highest BCUT2D eigenvalue weighted by atomic mass is 35.5. The molecule has 0 bridgehead atoms. The van der Waals surface area contributed by atoms with Gasteiger partial charge in [0.05, 0.1) is 0 Å². The van der Waals surface area contributed by atoms with Crippen molar-refractivity contribution in [3.05, 3.63) is 17.5 Å². The van der Waals surface area contributed by atoms with Crippen LogP contribution >= 0.6 is 11.6 Å². The summed E-state index contributed by atoms with van der Waals surface area (Å²) in [4.78, 5) is 8.07. The van der Waals surface area contributed by atoms with E-state index in [2.05, 4.69) is 29.1 Å². The van der Waals surface area contributed by atoms with Gasteiger partial charge in [0.1, 0.15) is 17.3 Å². The van der Waals surface area contributed by atoms with E-state index in [0.717, 1.165) is 11.7 Å². The Morgan fingerprint density at radius 3 is 2.88 bits per heavy atom. The Labute approximate surface area is 102 Å². The van der Waals surface area contributed by atoms with E-state index in [-0.39, 0.29) is 0 Å². The minimum Gasteiger partial charge on any atom is -0.367 e. The van der Waals surface area contributed by atoms with E-state index >= 15 is 0 Å². The normalized spacial score (nSPS) is 30.1. The van der Waals surface area contributed by atoms with Crippen LogP contribution in [0, 0.1) is 11.8 Å². The molecule has 1 heterocycles. The maximum atomic E-state index is 5.84. The van der Waals surface area contributed by atoms with Gasteiger partial charge in [-0.3, -0.25) is 0 Å². The van der Waals surface area contributed by atoms with Gasteiger partial charge in [-0.15, -0.1) is 0 Å². The van der Waals surface area contributed by atoms with Gasteiger partial charge in [-0.05, 0) is 18.3 Å².